The number of azide groups is 1. The number of rotatable bonds is 4. The Morgan fingerprint density at radius 3 is 2.71 bits per heavy atom. The summed E-state index contributed by atoms with van der Waals surface area (Å²) in [6, 6.07) is 7.00. The average molecular weight is 286 g/mol. The molecule has 1 heterocycles. The van der Waals surface area contributed by atoms with Crippen molar-refractivity contribution in [3.63, 3.8) is 0 Å². The normalized spacial score (nSPS) is 12.8. The average Bonchev–Trinajstić information content (AvgIpc) is 2.82. The van der Waals surface area contributed by atoms with Crippen molar-refractivity contribution < 1.29 is 9.53 Å². The van der Waals surface area contributed by atoms with E-state index >= 15 is 0 Å². The van der Waals surface area contributed by atoms with Gasteiger partial charge in [-0.25, -0.2) is 0 Å². The number of methoxy groups -OCH3 is 1. The van der Waals surface area contributed by atoms with Gasteiger partial charge < -0.3 is 9.30 Å². The molecule has 0 fully saturated rings. The summed E-state index contributed by atoms with van der Waals surface area (Å²) in [7, 11) is 3.24. The van der Waals surface area contributed by atoms with Crippen molar-refractivity contribution in [2.75, 3.05) is 7.11 Å². The van der Waals surface area contributed by atoms with E-state index in [1.54, 1.807) is 0 Å². The van der Waals surface area contributed by atoms with Crippen LogP contribution in [0, 0.1) is 0 Å². The molecule has 0 saturated carbocycles. The predicted molar refractivity (Wildman–Crippen MR) is 80.9 cm³/mol. The van der Waals surface area contributed by atoms with Crippen LogP contribution in [0.3, 0.4) is 0 Å². The number of ether oxygens (including phenoxy) is 1. The van der Waals surface area contributed by atoms with Crippen LogP contribution in [0.2, 0.25) is 0 Å². The number of hydrogen-bond donors (Lipinski definition) is 0. The Bertz CT molecular complexity index is 726. The van der Waals surface area contributed by atoms with E-state index in [1.807, 2.05) is 55.9 Å². The second-order valence-corrected chi connectivity index (χ2v) is 5.52. The molecule has 1 unspecified atom stereocenters. The molecule has 0 amide bonds. The summed E-state index contributed by atoms with van der Waals surface area (Å²) in [6.45, 7) is 3.76. The van der Waals surface area contributed by atoms with Crippen LogP contribution < -0.4 is 0 Å². The molecule has 0 spiro atoms. The van der Waals surface area contributed by atoms with Gasteiger partial charge in [-0.05, 0) is 17.2 Å². The predicted octanol–water partition coefficient (Wildman–Crippen LogP) is 3.31. The maximum Gasteiger partial charge on any atom is 0.315 e. The maximum atomic E-state index is 12.0. The summed E-state index contributed by atoms with van der Waals surface area (Å²) in [5.74, 6) is -0.536. The van der Waals surface area contributed by atoms with Gasteiger partial charge in [-0.2, -0.15) is 0 Å². The van der Waals surface area contributed by atoms with Crippen LogP contribution in [0.15, 0.2) is 35.6 Å². The van der Waals surface area contributed by atoms with Crippen molar-refractivity contribution in [2.24, 2.45) is 12.2 Å². The Balaban J connectivity index is 2.64. The van der Waals surface area contributed by atoms with E-state index in [0.717, 1.165) is 16.5 Å². The van der Waals surface area contributed by atoms with Crippen molar-refractivity contribution in [3.8, 4) is 0 Å². The lowest BCUT2D eigenvalue weighted by Crippen LogP contribution is -2.39. The highest BCUT2D eigenvalue weighted by Gasteiger charge is 2.38. The van der Waals surface area contributed by atoms with Crippen molar-refractivity contribution in [2.45, 2.75) is 25.3 Å². The van der Waals surface area contributed by atoms with Gasteiger partial charge in [0.15, 0.2) is 0 Å². The smallest absolute Gasteiger partial charge is 0.315 e. The van der Waals surface area contributed by atoms with Crippen LogP contribution in [0.1, 0.15) is 19.4 Å². The third kappa shape index (κ3) is 2.45. The second-order valence-electron chi connectivity index (χ2n) is 5.52. The molecule has 2 aromatic rings. The first-order chi connectivity index (χ1) is 9.93. The molecule has 21 heavy (non-hydrogen) atoms. The summed E-state index contributed by atoms with van der Waals surface area (Å²) in [4.78, 5) is 14.8. The molecule has 0 aliphatic heterocycles. The highest BCUT2D eigenvalue weighted by molar-refractivity contribution is 5.87. The minimum absolute atomic E-state index is 0.536. The van der Waals surface area contributed by atoms with Crippen molar-refractivity contribution in [1.29, 1.82) is 0 Å². The molecule has 6 heteroatoms. The van der Waals surface area contributed by atoms with Crippen LogP contribution >= 0.6 is 0 Å². The van der Waals surface area contributed by atoms with Gasteiger partial charge in [0.25, 0.3) is 0 Å². The van der Waals surface area contributed by atoms with Crippen LogP contribution in [0.25, 0.3) is 21.3 Å². The number of hydrogen-bond acceptors (Lipinski definition) is 3. The van der Waals surface area contributed by atoms with Gasteiger partial charge >= 0.3 is 5.97 Å². The molecule has 110 valence electrons. The maximum absolute atomic E-state index is 12.0. The fourth-order valence-corrected chi connectivity index (χ4v) is 2.65. The Hall–Kier alpha value is -2.46. The van der Waals surface area contributed by atoms with E-state index in [0.29, 0.717) is 0 Å². The van der Waals surface area contributed by atoms with E-state index in [1.165, 1.54) is 7.11 Å². The molecule has 6 nitrogen and oxygen atoms in total. The monoisotopic (exact) mass is 286 g/mol. The van der Waals surface area contributed by atoms with Crippen LogP contribution in [-0.2, 0) is 22.0 Å². The molecular weight excluding hydrogens is 268 g/mol. The molecule has 0 radical (unpaired) electrons. The van der Waals surface area contributed by atoms with E-state index in [2.05, 4.69) is 10.0 Å². The summed E-state index contributed by atoms with van der Waals surface area (Å²) in [5, 5.41) is 4.69. The highest BCUT2D eigenvalue weighted by atomic mass is 16.5. The summed E-state index contributed by atoms with van der Waals surface area (Å²) in [5.41, 5.74) is 10.1. The first-order valence-corrected chi connectivity index (χ1v) is 6.60. The zero-order chi connectivity index (χ0) is 15.6. The molecule has 0 N–H and O–H groups in total. The van der Waals surface area contributed by atoms with Crippen LogP contribution in [0.5, 0.6) is 0 Å². The number of carbonyl (C=O) groups is 1. The number of esters is 1. The van der Waals surface area contributed by atoms with E-state index in [-0.39, 0.29) is 0 Å². The van der Waals surface area contributed by atoms with E-state index in [4.69, 9.17) is 10.3 Å². The van der Waals surface area contributed by atoms with Gasteiger partial charge in [0.1, 0.15) is 6.04 Å². The number of nitrogens with zero attached hydrogens (tertiary/aromatic N) is 4. The fraction of sp³-hybridized carbons (Fsp3) is 0.400. The lowest BCUT2D eigenvalue weighted by atomic mass is 9.78. The highest BCUT2D eigenvalue weighted by Crippen LogP contribution is 2.36. The first kappa shape index (κ1) is 14.9. The lowest BCUT2D eigenvalue weighted by Gasteiger charge is -2.29. The largest absolute Gasteiger partial charge is 0.469 e. The molecule has 1 aromatic heterocycles. The number of fused-ring (bicyclic) bond motifs is 1. The topological polar surface area (TPSA) is 80.0 Å². The van der Waals surface area contributed by atoms with Crippen LogP contribution in [-0.4, -0.2) is 23.7 Å². The number of aryl methyl sites for hydroxylation is 1. The van der Waals surface area contributed by atoms with Crippen molar-refractivity contribution >= 4 is 16.9 Å². The number of aromatic nitrogens is 1. The zero-order valence-corrected chi connectivity index (χ0v) is 12.6. The molecular formula is C15H18N4O2. The third-order valence-corrected chi connectivity index (χ3v) is 3.87. The minimum Gasteiger partial charge on any atom is -0.469 e. The summed E-state index contributed by atoms with van der Waals surface area (Å²) in [6.07, 6.45) is 1.97. The standard InChI is InChI=1S/C15H18N4O2/c1-15(2,13(17-18-16)14(20)21-4)11-9-19(3)12-8-6-5-7-10(11)12/h5-9,13H,1-4H3. The molecule has 0 aliphatic rings. The number of benzene rings is 1. The Morgan fingerprint density at radius 1 is 1.43 bits per heavy atom. The van der Waals surface area contributed by atoms with Crippen LogP contribution in [0.4, 0.5) is 0 Å². The van der Waals surface area contributed by atoms with Gasteiger partial charge in [0, 0.05) is 34.5 Å². The van der Waals surface area contributed by atoms with Gasteiger partial charge in [-0.3, -0.25) is 4.79 Å². The molecule has 0 saturated heterocycles. The summed E-state index contributed by atoms with van der Waals surface area (Å²) < 4.78 is 6.78. The Morgan fingerprint density at radius 2 is 2.10 bits per heavy atom. The van der Waals surface area contributed by atoms with Gasteiger partial charge in [-0.1, -0.05) is 37.2 Å². The quantitative estimate of drug-likeness (QED) is 0.374. The number of para-hydroxylation sites is 1. The van der Waals surface area contributed by atoms with Gasteiger partial charge in [0.05, 0.1) is 7.11 Å². The zero-order valence-electron chi connectivity index (χ0n) is 12.6. The molecule has 0 bridgehead atoms. The van der Waals surface area contributed by atoms with Gasteiger partial charge in [0.2, 0.25) is 0 Å². The Kier molecular flexibility index (Phi) is 3.91. The van der Waals surface area contributed by atoms with E-state index < -0.39 is 17.4 Å². The Labute approximate surface area is 122 Å². The number of carbonyl (C=O) groups excluding carboxylic acids is 1. The molecule has 0 aliphatic carbocycles. The first-order valence-electron chi connectivity index (χ1n) is 6.60. The van der Waals surface area contributed by atoms with Crippen molar-refractivity contribution in [1.82, 2.24) is 4.57 Å². The lowest BCUT2D eigenvalue weighted by molar-refractivity contribution is -0.143. The second kappa shape index (κ2) is 5.50. The molecule has 1 atom stereocenters. The molecule has 2 rings (SSSR count). The van der Waals surface area contributed by atoms with Crippen molar-refractivity contribution in [3.05, 3.63) is 46.5 Å². The van der Waals surface area contributed by atoms with Gasteiger partial charge in [-0.15, -0.1) is 0 Å². The SMILES string of the molecule is COC(=O)C(N=[N+]=[N-])C(C)(C)c1cn(C)c2ccccc12. The fourth-order valence-electron chi connectivity index (χ4n) is 2.65. The third-order valence-electron chi connectivity index (χ3n) is 3.87. The summed E-state index contributed by atoms with van der Waals surface area (Å²) >= 11 is 0. The minimum atomic E-state index is -0.918. The van der Waals surface area contributed by atoms with E-state index in [9.17, 15) is 4.79 Å². The molecule has 1 aromatic carbocycles.